The monoisotopic (exact) mass is 438 g/mol. The molecule has 2 saturated heterocycles. The average molecular weight is 438 g/mol. The van der Waals surface area contributed by atoms with Crippen LogP contribution in [-0.4, -0.2) is 66.9 Å². The van der Waals surface area contributed by atoms with Crippen LogP contribution < -0.4 is 10.6 Å². The molecule has 0 aliphatic carbocycles. The van der Waals surface area contributed by atoms with Gasteiger partial charge in [0.25, 0.3) is 5.91 Å². The highest BCUT2D eigenvalue weighted by Crippen LogP contribution is 2.26. The molecule has 0 radical (unpaired) electrons. The maximum absolute atomic E-state index is 13.2. The number of piperidine rings is 1. The summed E-state index contributed by atoms with van der Waals surface area (Å²) >= 11 is 0. The molecule has 3 amide bonds. The molecule has 2 aliphatic rings. The van der Waals surface area contributed by atoms with E-state index < -0.39 is 11.6 Å². The molecule has 11 heteroatoms. The molecule has 0 saturated carbocycles. The molecule has 0 aromatic carbocycles. The SMILES string of the molecule is CC1NC(=O)C2(CCN(C(=O)c3nc(CC(C)(C)C)n4nc(C#N)cc4n3)CC2)NC1=O. The molecule has 1 atom stereocenters. The van der Waals surface area contributed by atoms with E-state index in [1.54, 1.807) is 11.8 Å². The molecule has 2 N–H and O–H groups in total. The Morgan fingerprint density at radius 3 is 2.59 bits per heavy atom. The number of piperazine rings is 1. The summed E-state index contributed by atoms with van der Waals surface area (Å²) in [7, 11) is 0. The van der Waals surface area contributed by atoms with Gasteiger partial charge in [-0.2, -0.15) is 14.9 Å². The minimum Gasteiger partial charge on any atom is -0.343 e. The first-order chi connectivity index (χ1) is 15.0. The molecule has 11 nitrogen and oxygen atoms in total. The van der Waals surface area contributed by atoms with Gasteiger partial charge in [0, 0.05) is 25.6 Å². The van der Waals surface area contributed by atoms with Gasteiger partial charge in [-0.15, -0.1) is 0 Å². The number of nitrogens with zero attached hydrogens (tertiary/aromatic N) is 6. The topological polar surface area (TPSA) is 145 Å². The van der Waals surface area contributed by atoms with E-state index in [0.29, 0.717) is 30.7 Å². The summed E-state index contributed by atoms with van der Waals surface area (Å²) in [4.78, 5) is 48.3. The zero-order chi connectivity index (χ0) is 23.3. The van der Waals surface area contributed by atoms with E-state index in [2.05, 4.69) is 25.7 Å². The highest BCUT2D eigenvalue weighted by molar-refractivity contribution is 6.00. The Bertz CT molecular complexity index is 1150. The smallest absolute Gasteiger partial charge is 0.291 e. The first kappa shape index (κ1) is 21.7. The molecule has 168 valence electrons. The van der Waals surface area contributed by atoms with Gasteiger partial charge in [0.15, 0.2) is 11.3 Å². The normalized spacial score (nSPS) is 20.7. The van der Waals surface area contributed by atoms with E-state index in [9.17, 15) is 19.6 Å². The molecule has 4 heterocycles. The molecule has 4 rings (SSSR count). The fraction of sp³-hybridized carbons (Fsp3) is 0.571. The van der Waals surface area contributed by atoms with E-state index in [1.807, 2.05) is 26.8 Å². The van der Waals surface area contributed by atoms with Crippen LogP contribution in [-0.2, 0) is 16.0 Å². The summed E-state index contributed by atoms with van der Waals surface area (Å²) in [5.74, 6) is -0.214. The van der Waals surface area contributed by atoms with Gasteiger partial charge in [0.1, 0.15) is 23.5 Å². The Kier molecular flexibility index (Phi) is 5.11. The molecule has 2 aromatic rings. The summed E-state index contributed by atoms with van der Waals surface area (Å²) in [6, 6.07) is 2.95. The van der Waals surface area contributed by atoms with Crippen LogP contribution in [0.1, 0.15) is 62.7 Å². The number of carbonyl (C=O) groups excluding carboxylic acids is 3. The van der Waals surface area contributed by atoms with Gasteiger partial charge in [-0.3, -0.25) is 14.4 Å². The van der Waals surface area contributed by atoms with Crippen LogP contribution in [0.3, 0.4) is 0 Å². The van der Waals surface area contributed by atoms with Crippen molar-refractivity contribution in [1.29, 1.82) is 5.26 Å². The predicted octanol–water partition coefficient (Wildman–Crippen LogP) is 0.194. The summed E-state index contributed by atoms with van der Waals surface area (Å²) in [6.07, 6.45) is 1.16. The summed E-state index contributed by atoms with van der Waals surface area (Å²) in [6.45, 7) is 8.35. The van der Waals surface area contributed by atoms with Gasteiger partial charge in [-0.05, 0) is 25.2 Å². The standard InChI is InChI=1S/C21H26N8O3/c1-12-17(30)26-21(19(32)23-12)5-7-28(8-6-21)18(31)16-24-14-9-13(11-22)27-29(14)15(25-16)10-20(2,3)4/h9,12H,5-8,10H2,1-4H3,(H,23,32)(H,26,30). The molecule has 0 bridgehead atoms. The lowest BCUT2D eigenvalue weighted by Gasteiger charge is -2.44. The third kappa shape index (κ3) is 3.88. The number of rotatable bonds is 2. The van der Waals surface area contributed by atoms with Crippen LogP contribution in [0.2, 0.25) is 0 Å². The van der Waals surface area contributed by atoms with Crippen molar-refractivity contribution in [2.75, 3.05) is 13.1 Å². The molecule has 2 aliphatic heterocycles. The molecular weight excluding hydrogens is 412 g/mol. The van der Waals surface area contributed by atoms with Gasteiger partial charge < -0.3 is 15.5 Å². The highest BCUT2D eigenvalue weighted by atomic mass is 16.2. The molecule has 32 heavy (non-hydrogen) atoms. The second kappa shape index (κ2) is 7.55. The lowest BCUT2D eigenvalue weighted by Crippen LogP contribution is -2.71. The van der Waals surface area contributed by atoms with Gasteiger partial charge in [0.2, 0.25) is 17.6 Å². The second-order valence-electron chi connectivity index (χ2n) is 9.67. The minimum atomic E-state index is -0.990. The van der Waals surface area contributed by atoms with Crippen molar-refractivity contribution in [3.8, 4) is 6.07 Å². The number of carbonyl (C=O) groups is 3. The first-order valence-electron chi connectivity index (χ1n) is 10.6. The van der Waals surface area contributed by atoms with Crippen molar-refractivity contribution in [1.82, 2.24) is 35.1 Å². The van der Waals surface area contributed by atoms with Crippen LogP contribution in [0, 0.1) is 16.7 Å². The van der Waals surface area contributed by atoms with Crippen molar-refractivity contribution >= 4 is 23.4 Å². The number of nitrogens with one attached hydrogen (secondary N) is 2. The predicted molar refractivity (Wildman–Crippen MR) is 112 cm³/mol. The molecule has 2 fully saturated rings. The third-order valence-corrected chi connectivity index (χ3v) is 5.83. The van der Waals surface area contributed by atoms with Crippen molar-refractivity contribution in [2.45, 2.75) is 58.5 Å². The van der Waals surface area contributed by atoms with Crippen LogP contribution in [0.15, 0.2) is 6.07 Å². The Balaban J connectivity index is 1.59. The fourth-order valence-corrected chi connectivity index (χ4v) is 4.07. The second-order valence-corrected chi connectivity index (χ2v) is 9.67. The van der Waals surface area contributed by atoms with Gasteiger partial charge >= 0.3 is 0 Å². The number of amides is 3. The zero-order valence-electron chi connectivity index (χ0n) is 18.6. The first-order valence-corrected chi connectivity index (χ1v) is 10.6. The number of aromatic nitrogens is 4. The Morgan fingerprint density at radius 2 is 1.97 bits per heavy atom. The fourth-order valence-electron chi connectivity index (χ4n) is 4.07. The quantitative estimate of drug-likeness (QED) is 0.681. The van der Waals surface area contributed by atoms with Crippen molar-refractivity contribution in [2.24, 2.45) is 5.41 Å². The van der Waals surface area contributed by atoms with Crippen LogP contribution >= 0.6 is 0 Å². The summed E-state index contributed by atoms with van der Waals surface area (Å²) < 4.78 is 1.51. The number of hydrogen-bond donors (Lipinski definition) is 2. The van der Waals surface area contributed by atoms with Crippen molar-refractivity contribution < 1.29 is 14.4 Å². The Hall–Kier alpha value is -3.55. The highest BCUT2D eigenvalue weighted by Gasteiger charge is 2.47. The maximum Gasteiger partial charge on any atom is 0.291 e. The largest absolute Gasteiger partial charge is 0.343 e. The number of fused-ring (bicyclic) bond motifs is 1. The lowest BCUT2D eigenvalue weighted by atomic mass is 9.84. The molecule has 1 unspecified atom stereocenters. The van der Waals surface area contributed by atoms with Gasteiger partial charge in [-0.25, -0.2) is 9.97 Å². The molecule has 1 spiro atoms. The maximum atomic E-state index is 13.2. The van der Waals surface area contributed by atoms with Crippen LogP contribution in [0.25, 0.3) is 5.65 Å². The molecule has 2 aromatic heterocycles. The zero-order valence-corrected chi connectivity index (χ0v) is 18.6. The van der Waals surface area contributed by atoms with E-state index in [1.165, 1.54) is 10.6 Å². The van der Waals surface area contributed by atoms with Gasteiger partial charge in [0.05, 0.1) is 0 Å². The number of nitriles is 1. The number of hydrogen-bond acceptors (Lipinski definition) is 7. The van der Waals surface area contributed by atoms with E-state index in [4.69, 9.17) is 0 Å². The van der Waals surface area contributed by atoms with Crippen LogP contribution in [0.5, 0.6) is 0 Å². The van der Waals surface area contributed by atoms with Crippen LogP contribution in [0.4, 0.5) is 0 Å². The number of likely N-dealkylation sites (tertiary alicyclic amines) is 1. The van der Waals surface area contributed by atoms with Gasteiger partial charge in [-0.1, -0.05) is 20.8 Å². The summed E-state index contributed by atoms with van der Waals surface area (Å²) in [5.41, 5.74) is -0.523. The third-order valence-electron chi connectivity index (χ3n) is 5.83. The summed E-state index contributed by atoms with van der Waals surface area (Å²) in [5, 5.41) is 19.0. The Labute approximate surface area is 185 Å². The van der Waals surface area contributed by atoms with E-state index >= 15 is 0 Å². The minimum absolute atomic E-state index is 0.0304. The Morgan fingerprint density at radius 1 is 1.28 bits per heavy atom. The van der Waals surface area contributed by atoms with E-state index in [-0.39, 0.29) is 47.7 Å². The van der Waals surface area contributed by atoms with Crippen molar-refractivity contribution in [3.05, 3.63) is 23.4 Å². The lowest BCUT2D eigenvalue weighted by molar-refractivity contribution is -0.143. The van der Waals surface area contributed by atoms with E-state index in [0.717, 1.165) is 0 Å². The molecular formula is C21H26N8O3. The average Bonchev–Trinajstić information content (AvgIpc) is 3.15. The van der Waals surface area contributed by atoms with Crippen molar-refractivity contribution in [3.63, 3.8) is 0 Å².